The molecule has 0 bridgehead atoms. The standard InChI is InChI=1S/C11H18N2O/c12-7-11(5-6-11)8-13-9-3-1-2-4-10(9)14/h9-10,13-14H,1-6,8H2/t9-,10-/m1/s1. The molecule has 2 rings (SSSR count). The van der Waals surface area contributed by atoms with E-state index in [1.807, 2.05) is 0 Å². The van der Waals surface area contributed by atoms with Gasteiger partial charge in [-0.1, -0.05) is 12.8 Å². The molecule has 14 heavy (non-hydrogen) atoms. The Morgan fingerprint density at radius 2 is 2.07 bits per heavy atom. The molecule has 0 aromatic rings. The second kappa shape index (κ2) is 3.88. The summed E-state index contributed by atoms with van der Waals surface area (Å²) in [6.45, 7) is 0.769. The fraction of sp³-hybridized carbons (Fsp3) is 0.909. The molecule has 2 aliphatic carbocycles. The summed E-state index contributed by atoms with van der Waals surface area (Å²) in [4.78, 5) is 0. The maximum Gasteiger partial charge on any atom is 0.0703 e. The van der Waals surface area contributed by atoms with Crippen molar-refractivity contribution in [2.75, 3.05) is 6.54 Å². The van der Waals surface area contributed by atoms with Gasteiger partial charge in [0.2, 0.25) is 0 Å². The highest BCUT2D eigenvalue weighted by molar-refractivity contribution is 5.11. The molecule has 0 saturated heterocycles. The fourth-order valence-corrected chi connectivity index (χ4v) is 2.15. The van der Waals surface area contributed by atoms with E-state index in [2.05, 4.69) is 11.4 Å². The number of rotatable bonds is 3. The zero-order valence-electron chi connectivity index (χ0n) is 8.50. The molecule has 0 aliphatic heterocycles. The van der Waals surface area contributed by atoms with E-state index in [1.165, 1.54) is 6.42 Å². The van der Waals surface area contributed by atoms with E-state index in [0.29, 0.717) is 0 Å². The highest BCUT2D eigenvalue weighted by Gasteiger charge is 2.43. The van der Waals surface area contributed by atoms with Crippen LogP contribution in [-0.2, 0) is 0 Å². The van der Waals surface area contributed by atoms with Crippen LogP contribution in [0.1, 0.15) is 38.5 Å². The van der Waals surface area contributed by atoms with E-state index in [4.69, 9.17) is 5.26 Å². The predicted octanol–water partition coefficient (Wildman–Crippen LogP) is 1.18. The zero-order chi connectivity index (χ0) is 10.0. The quantitative estimate of drug-likeness (QED) is 0.709. The third-order valence-electron chi connectivity index (χ3n) is 3.52. The lowest BCUT2D eigenvalue weighted by molar-refractivity contribution is 0.0894. The second-order valence-corrected chi connectivity index (χ2v) is 4.73. The van der Waals surface area contributed by atoms with Crippen LogP contribution >= 0.6 is 0 Å². The Balaban J connectivity index is 1.77. The summed E-state index contributed by atoms with van der Waals surface area (Å²) in [7, 11) is 0. The van der Waals surface area contributed by atoms with Crippen molar-refractivity contribution in [3.05, 3.63) is 0 Å². The molecule has 2 atom stereocenters. The molecule has 78 valence electrons. The molecular weight excluding hydrogens is 176 g/mol. The van der Waals surface area contributed by atoms with Crippen LogP contribution in [0.25, 0.3) is 0 Å². The summed E-state index contributed by atoms with van der Waals surface area (Å²) in [6, 6.07) is 2.59. The Hall–Kier alpha value is -0.590. The van der Waals surface area contributed by atoms with Crippen LogP contribution in [-0.4, -0.2) is 23.8 Å². The summed E-state index contributed by atoms with van der Waals surface area (Å²) in [6.07, 6.45) is 6.17. The van der Waals surface area contributed by atoms with Crippen molar-refractivity contribution >= 4 is 0 Å². The van der Waals surface area contributed by atoms with Gasteiger partial charge in [-0.15, -0.1) is 0 Å². The first-order valence-corrected chi connectivity index (χ1v) is 5.58. The topological polar surface area (TPSA) is 56.0 Å². The third-order valence-corrected chi connectivity index (χ3v) is 3.52. The smallest absolute Gasteiger partial charge is 0.0703 e. The number of hydrogen-bond donors (Lipinski definition) is 2. The van der Waals surface area contributed by atoms with Crippen LogP contribution in [0.2, 0.25) is 0 Å². The van der Waals surface area contributed by atoms with Gasteiger partial charge in [-0.25, -0.2) is 0 Å². The predicted molar refractivity (Wildman–Crippen MR) is 53.5 cm³/mol. The van der Waals surface area contributed by atoms with E-state index < -0.39 is 0 Å². The van der Waals surface area contributed by atoms with E-state index in [9.17, 15) is 5.11 Å². The Morgan fingerprint density at radius 1 is 1.36 bits per heavy atom. The lowest BCUT2D eigenvalue weighted by Gasteiger charge is -2.29. The van der Waals surface area contributed by atoms with E-state index >= 15 is 0 Å². The molecule has 0 spiro atoms. The van der Waals surface area contributed by atoms with Crippen LogP contribution in [0.4, 0.5) is 0 Å². The number of nitriles is 1. The molecule has 0 aromatic carbocycles. The van der Waals surface area contributed by atoms with Crippen LogP contribution < -0.4 is 5.32 Å². The number of aliphatic hydroxyl groups excluding tert-OH is 1. The van der Waals surface area contributed by atoms with Crippen molar-refractivity contribution in [1.29, 1.82) is 5.26 Å². The summed E-state index contributed by atoms with van der Waals surface area (Å²) < 4.78 is 0. The van der Waals surface area contributed by atoms with Crippen molar-refractivity contribution in [2.45, 2.75) is 50.7 Å². The molecule has 2 fully saturated rings. The minimum atomic E-state index is -0.196. The second-order valence-electron chi connectivity index (χ2n) is 4.73. The largest absolute Gasteiger partial charge is 0.392 e. The highest BCUT2D eigenvalue weighted by atomic mass is 16.3. The van der Waals surface area contributed by atoms with Crippen molar-refractivity contribution in [2.24, 2.45) is 5.41 Å². The summed E-state index contributed by atoms with van der Waals surface area (Å²) in [5.74, 6) is 0. The minimum absolute atomic E-state index is 0.0861. The Bertz CT molecular complexity index is 242. The van der Waals surface area contributed by atoms with Gasteiger partial charge in [0.15, 0.2) is 0 Å². The fourth-order valence-electron chi connectivity index (χ4n) is 2.15. The van der Waals surface area contributed by atoms with Gasteiger partial charge in [0.25, 0.3) is 0 Å². The molecule has 3 nitrogen and oxygen atoms in total. The molecule has 2 saturated carbocycles. The highest BCUT2D eigenvalue weighted by Crippen LogP contribution is 2.44. The maximum atomic E-state index is 9.71. The summed E-state index contributed by atoms with van der Waals surface area (Å²) >= 11 is 0. The lowest BCUT2D eigenvalue weighted by atomic mass is 9.92. The average molecular weight is 194 g/mol. The van der Waals surface area contributed by atoms with Crippen molar-refractivity contribution in [1.82, 2.24) is 5.32 Å². The van der Waals surface area contributed by atoms with Gasteiger partial charge in [-0.2, -0.15) is 5.26 Å². The van der Waals surface area contributed by atoms with Gasteiger partial charge in [0.05, 0.1) is 17.6 Å². The van der Waals surface area contributed by atoms with Gasteiger partial charge >= 0.3 is 0 Å². The molecule has 3 heteroatoms. The Kier molecular flexibility index (Phi) is 2.76. The Morgan fingerprint density at radius 3 is 2.64 bits per heavy atom. The SMILES string of the molecule is N#CC1(CN[C@@H]2CCCC[C@H]2O)CC1. The number of aliphatic hydroxyl groups is 1. The average Bonchev–Trinajstić information content (AvgIpc) is 2.98. The van der Waals surface area contributed by atoms with Crippen molar-refractivity contribution < 1.29 is 5.11 Å². The molecule has 2 aliphatic rings. The van der Waals surface area contributed by atoms with Gasteiger partial charge in [-0.05, 0) is 25.7 Å². The molecule has 0 aromatic heterocycles. The van der Waals surface area contributed by atoms with Crippen molar-refractivity contribution in [3.8, 4) is 6.07 Å². The Labute approximate surface area is 85.1 Å². The minimum Gasteiger partial charge on any atom is -0.392 e. The van der Waals surface area contributed by atoms with Crippen LogP contribution in [0.15, 0.2) is 0 Å². The summed E-state index contributed by atoms with van der Waals surface area (Å²) in [5, 5.41) is 22.0. The van der Waals surface area contributed by atoms with Crippen LogP contribution in [0.5, 0.6) is 0 Å². The van der Waals surface area contributed by atoms with E-state index in [1.54, 1.807) is 0 Å². The number of nitrogens with zero attached hydrogens (tertiary/aromatic N) is 1. The number of nitrogens with one attached hydrogen (secondary N) is 1. The molecule has 0 unspecified atom stereocenters. The van der Waals surface area contributed by atoms with Crippen LogP contribution in [0.3, 0.4) is 0 Å². The molecule has 0 amide bonds. The van der Waals surface area contributed by atoms with Gasteiger partial charge in [0.1, 0.15) is 0 Å². The molecular formula is C11H18N2O. The normalized spacial score (nSPS) is 34.9. The third kappa shape index (κ3) is 2.08. The number of hydrogen-bond acceptors (Lipinski definition) is 3. The molecule has 0 heterocycles. The monoisotopic (exact) mass is 194 g/mol. The first-order valence-electron chi connectivity index (χ1n) is 5.58. The van der Waals surface area contributed by atoms with E-state index in [0.717, 1.165) is 38.6 Å². The molecule has 0 radical (unpaired) electrons. The molecule has 2 N–H and O–H groups in total. The maximum absolute atomic E-state index is 9.71. The lowest BCUT2D eigenvalue weighted by Crippen LogP contribution is -2.44. The van der Waals surface area contributed by atoms with Crippen LogP contribution in [0, 0.1) is 16.7 Å². The van der Waals surface area contributed by atoms with Gasteiger partial charge in [0, 0.05) is 12.6 Å². The van der Waals surface area contributed by atoms with Crippen molar-refractivity contribution in [3.63, 3.8) is 0 Å². The summed E-state index contributed by atoms with van der Waals surface area (Å²) in [5.41, 5.74) is -0.0861. The van der Waals surface area contributed by atoms with Gasteiger partial charge < -0.3 is 10.4 Å². The van der Waals surface area contributed by atoms with Gasteiger partial charge in [-0.3, -0.25) is 0 Å². The zero-order valence-corrected chi connectivity index (χ0v) is 8.50. The first-order chi connectivity index (χ1) is 6.76. The van der Waals surface area contributed by atoms with E-state index in [-0.39, 0.29) is 17.6 Å². The first kappa shape index (κ1) is 9.95.